The zero-order chi connectivity index (χ0) is 13.3. The fourth-order valence-electron chi connectivity index (χ4n) is 1.92. The summed E-state index contributed by atoms with van der Waals surface area (Å²) in [4.78, 5) is 16.7. The van der Waals surface area contributed by atoms with Gasteiger partial charge in [0, 0.05) is 12.6 Å². The van der Waals surface area contributed by atoms with Gasteiger partial charge in [0.25, 0.3) is 5.69 Å². The molecule has 0 bridgehead atoms. The minimum atomic E-state index is -0.433. The number of nitrogen functional groups attached to an aromatic ring is 1. The topological polar surface area (TPSA) is 85.3 Å². The fourth-order valence-corrected chi connectivity index (χ4v) is 1.92. The number of hydrogen-bond donors (Lipinski definition) is 1. The van der Waals surface area contributed by atoms with Crippen molar-refractivity contribution >= 4 is 17.3 Å². The second kappa shape index (κ2) is 4.80. The average molecular weight is 250 g/mol. The van der Waals surface area contributed by atoms with Crippen LogP contribution in [0.1, 0.15) is 26.7 Å². The number of nitro groups is 1. The normalized spacial score (nSPS) is 14.8. The Bertz CT molecular complexity index is 457. The van der Waals surface area contributed by atoms with Crippen LogP contribution in [0.15, 0.2) is 12.1 Å². The van der Waals surface area contributed by atoms with E-state index in [1.54, 1.807) is 0 Å². The highest BCUT2D eigenvalue weighted by atomic mass is 16.6. The molecule has 0 aliphatic heterocycles. The SMILES string of the molecule is CC(C)N(CC1CC1)c1cc([N+](=O)[O-])cc(N)n1. The third-order valence-corrected chi connectivity index (χ3v) is 3.10. The van der Waals surface area contributed by atoms with Crippen LogP contribution in [0, 0.1) is 16.0 Å². The molecule has 0 spiro atoms. The lowest BCUT2D eigenvalue weighted by molar-refractivity contribution is -0.384. The van der Waals surface area contributed by atoms with E-state index < -0.39 is 4.92 Å². The third kappa shape index (κ3) is 2.88. The van der Waals surface area contributed by atoms with E-state index in [0.29, 0.717) is 11.7 Å². The van der Waals surface area contributed by atoms with Gasteiger partial charge in [-0.3, -0.25) is 10.1 Å². The van der Waals surface area contributed by atoms with Gasteiger partial charge in [-0.1, -0.05) is 0 Å². The molecule has 98 valence electrons. The summed E-state index contributed by atoms with van der Waals surface area (Å²) in [5.41, 5.74) is 5.64. The summed E-state index contributed by atoms with van der Waals surface area (Å²) < 4.78 is 0. The quantitative estimate of drug-likeness (QED) is 0.639. The van der Waals surface area contributed by atoms with Gasteiger partial charge in [0.2, 0.25) is 0 Å². The van der Waals surface area contributed by atoms with Crippen LogP contribution in [0.25, 0.3) is 0 Å². The largest absolute Gasteiger partial charge is 0.383 e. The molecule has 2 rings (SSSR count). The van der Waals surface area contributed by atoms with Crippen molar-refractivity contribution in [1.82, 2.24) is 4.98 Å². The van der Waals surface area contributed by atoms with Crippen molar-refractivity contribution in [3.8, 4) is 0 Å². The highest BCUT2D eigenvalue weighted by Crippen LogP contribution is 2.32. The zero-order valence-corrected chi connectivity index (χ0v) is 10.7. The molecule has 0 amide bonds. The van der Waals surface area contributed by atoms with Gasteiger partial charge in [-0.25, -0.2) is 4.98 Å². The van der Waals surface area contributed by atoms with Crippen LogP contribution >= 0.6 is 0 Å². The lowest BCUT2D eigenvalue weighted by atomic mass is 10.2. The first-order valence-corrected chi connectivity index (χ1v) is 6.16. The molecule has 1 aromatic heterocycles. The molecular formula is C12H18N4O2. The van der Waals surface area contributed by atoms with E-state index in [1.165, 1.54) is 25.0 Å². The number of nitrogens with zero attached hydrogens (tertiary/aromatic N) is 3. The lowest BCUT2D eigenvalue weighted by Gasteiger charge is -2.27. The number of hydrogen-bond acceptors (Lipinski definition) is 5. The first kappa shape index (κ1) is 12.6. The molecular weight excluding hydrogens is 232 g/mol. The van der Waals surface area contributed by atoms with Crippen molar-refractivity contribution in [2.75, 3.05) is 17.2 Å². The maximum Gasteiger partial charge on any atom is 0.276 e. The van der Waals surface area contributed by atoms with E-state index in [0.717, 1.165) is 6.54 Å². The highest BCUT2D eigenvalue weighted by molar-refractivity contribution is 5.54. The minimum absolute atomic E-state index is 0.000975. The Labute approximate surface area is 106 Å². The molecule has 1 aromatic rings. The Morgan fingerprint density at radius 2 is 2.22 bits per heavy atom. The summed E-state index contributed by atoms with van der Waals surface area (Å²) in [6.45, 7) is 5.00. The molecule has 1 saturated carbocycles. The van der Waals surface area contributed by atoms with Gasteiger partial charge in [0.15, 0.2) is 0 Å². The number of anilines is 2. The van der Waals surface area contributed by atoms with Crippen LogP contribution in [0.3, 0.4) is 0 Å². The Morgan fingerprint density at radius 1 is 1.56 bits per heavy atom. The maximum atomic E-state index is 10.8. The molecule has 1 fully saturated rings. The molecule has 6 heteroatoms. The molecule has 1 aliphatic rings. The smallest absolute Gasteiger partial charge is 0.276 e. The Kier molecular flexibility index (Phi) is 3.36. The van der Waals surface area contributed by atoms with Crippen molar-refractivity contribution in [2.45, 2.75) is 32.7 Å². The third-order valence-electron chi connectivity index (χ3n) is 3.10. The Morgan fingerprint density at radius 3 is 2.72 bits per heavy atom. The first-order chi connectivity index (χ1) is 8.47. The van der Waals surface area contributed by atoms with Gasteiger partial charge in [-0.15, -0.1) is 0 Å². The maximum absolute atomic E-state index is 10.8. The molecule has 2 N–H and O–H groups in total. The van der Waals surface area contributed by atoms with E-state index in [4.69, 9.17) is 5.73 Å². The molecule has 0 unspecified atom stereocenters. The van der Waals surface area contributed by atoms with Crippen LogP contribution in [-0.4, -0.2) is 22.5 Å². The van der Waals surface area contributed by atoms with Gasteiger partial charge in [-0.05, 0) is 32.6 Å². The van der Waals surface area contributed by atoms with E-state index in [9.17, 15) is 10.1 Å². The average Bonchev–Trinajstić information content (AvgIpc) is 3.08. The van der Waals surface area contributed by atoms with Crippen molar-refractivity contribution in [2.24, 2.45) is 5.92 Å². The number of pyridine rings is 1. The van der Waals surface area contributed by atoms with Gasteiger partial charge in [0.05, 0.1) is 17.1 Å². The van der Waals surface area contributed by atoms with Gasteiger partial charge in [0.1, 0.15) is 11.6 Å². The number of aromatic nitrogens is 1. The second-order valence-corrected chi connectivity index (χ2v) is 5.06. The molecule has 1 aliphatic carbocycles. The van der Waals surface area contributed by atoms with E-state index in [1.807, 2.05) is 0 Å². The monoisotopic (exact) mass is 250 g/mol. The van der Waals surface area contributed by atoms with Crippen LogP contribution in [0.4, 0.5) is 17.3 Å². The van der Waals surface area contributed by atoms with Gasteiger partial charge < -0.3 is 10.6 Å². The Balaban J connectivity index is 2.30. The van der Waals surface area contributed by atoms with E-state index in [2.05, 4.69) is 23.7 Å². The molecule has 0 radical (unpaired) electrons. The number of rotatable bonds is 5. The first-order valence-electron chi connectivity index (χ1n) is 6.16. The van der Waals surface area contributed by atoms with Crippen molar-refractivity contribution in [1.29, 1.82) is 0 Å². The standard InChI is InChI=1S/C12H18N4O2/c1-8(2)15(7-9-3-4-9)12-6-10(16(17)18)5-11(13)14-12/h5-6,8-9H,3-4,7H2,1-2H3,(H2,13,14). The van der Waals surface area contributed by atoms with E-state index >= 15 is 0 Å². The van der Waals surface area contributed by atoms with Crippen molar-refractivity contribution < 1.29 is 4.92 Å². The summed E-state index contributed by atoms with van der Waals surface area (Å²) in [6.07, 6.45) is 2.46. The second-order valence-electron chi connectivity index (χ2n) is 5.06. The minimum Gasteiger partial charge on any atom is -0.383 e. The molecule has 0 atom stereocenters. The van der Waals surface area contributed by atoms with Crippen LogP contribution in [-0.2, 0) is 0 Å². The van der Waals surface area contributed by atoms with E-state index in [-0.39, 0.29) is 17.5 Å². The van der Waals surface area contributed by atoms with Crippen molar-refractivity contribution in [3.63, 3.8) is 0 Å². The molecule has 0 aromatic carbocycles. The predicted octanol–water partition coefficient (Wildman–Crippen LogP) is 2.20. The summed E-state index contributed by atoms with van der Waals surface area (Å²) in [6, 6.07) is 3.04. The molecule has 1 heterocycles. The summed E-state index contributed by atoms with van der Waals surface area (Å²) >= 11 is 0. The molecule has 0 saturated heterocycles. The lowest BCUT2D eigenvalue weighted by Crippen LogP contribution is -2.33. The summed E-state index contributed by atoms with van der Waals surface area (Å²) in [5, 5.41) is 10.8. The Hall–Kier alpha value is -1.85. The molecule has 6 nitrogen and oxygen atoms in total. The van der Waals surface area contributed by atoms with Crippen LogP contribution in [0.5, 0.6) is 0 Å². The fraction of sp³-hybridized carbons (Fsp3) is 0.583. The predicted molar refractivity (Wildman–Crippen MR) is 70.5 cm³/mol. The van der Waals surface area contributed by atoms with Crippen LogP contribution in [0.2, 0.25) is 0 Å². The van der Waals surface area contributed by atoms with Gasteiger partial charge in [-0.2, -0.15) is 0 Å². The number of nitrogens with two attached hydrogens (primary N) is 1. The van der Waals surface area contributed by atoms with Crippen molar-refractivity contribution in [3.05, 3.63) is 22.2 Å². The highest BCUT2D eigenvalue weighted by Gasteiger charge is 2.27. The van der Waals surface area contributed by atoms with Gasteiger partial charge >= 0.3 is 0 Å². The van der Waals surface area contributed by atoms with Crippen LogP contribution < -0.4 is 10.6 Å². The zero-order valence-electron chi connectivity index (χ0n) is 10.7. The summed E-state index contributed by atoms with van der Waals surface area (Å²) in [7, 11) is 0. The summed E-state index contributed by atoms with van der Waals surface area (Å²) in [5.74, 6) is 1.49. The molecule has 18 heavy (non-hydrogen) atoms.